The second-order valence-corrected chi connectivity index (χ2v) is 7.52. The fraction of sp³-hybridized carbons (Fsp3) is 0.650. The lowest BCUT2D eigenvalue weighted by atomic mass is 9.94. The average Bonchev–Trinajstić information content (AvgIpc) is 3.07. The summed E-state index contributed by atoms with van der Waals surface area (Å²) in [6, 6.07) is 8.95. The fourth-order valence-electron chi connectivity index (χ4n) is 4.24. The van der Waals surface area contributed by atoms with Crippen LogP contribution in [0.5, 0.6) is 0 Å². The van der Waals surface area contributed by atoms with E-state index in [-0.39, 0.29) is 11.8 Å². The van der Waals surface area contributed by atoms with Gasteiger partial charge in [-0.2, -0.15) is 0 Å². The molecule has 1 aliphatic heterocycles. The van der Waals surface area contributed by atoms with Gasteiger partial charge in [0.05, 0.1) is 0 Å². The Kier molecular flexibility index (Phi) is 5.90. The van der Waals surface area contributed by atoms with E-state index >= 15 is 0 Å². The van der Waals surface area contributed by atoms with Gasteiger partial charge >= 0.3 is 0 Å². The molecule has 0 aromatic heterocycles. The highest BCUT2D eigenvalue weighted by molar-refractivity contribution is 5.79. The van der Waals surface area contributed by atoms with Gasteiger partial charge in [-0.25, -0.2) is 0 Å². The number of nitrogens with two attached hydrogens (primary N) is 1. The number of nitrogens with one attached hydrogen (secondary N) is 1. The van der Waals surface area contributed by atoms with Gasteiger partial charge in [-0.3, -0.25) is 9.69 Å². The Labute approximate surface area is 145 Å². The summed E-state index contributed by atoms with van der Waals surface area (Å²) in [7, 11) is 0. The third kappa shape index (κ3) is 4.17. The lowest BCUT2D eigenvalue weighted by molar-refractivity contribution is -0.127. The van der Waals surface area contributed by atoms with Crippen LogP contribution in [-0.2, 0) is 11.3 Å². The number of amides is 1. The maximum absolute atomic E-state index is 12.5. The van der Waals surface area contributed by atoms with Crippen molar-refractivity contribution >= 4 is 5.91 Å². The number of hydrogen-bond acceptors (Lipinski definition) is 3. The SMILES string of the molecule is Cc1ccccc1CN1CCC(NC(=O)[C@@H]2CCC[C@@H]2CN)CC1. The molecule has 2 aliphatic rings. The molecule has 4 nitrogen and oxygen atoms in total. The molecule has 1 saturated carbocycles. The second-order valence-electron chi connectivity index (χ2n) is 7.52. The Morgan fingerprint density at radius 2 is 1.96 bits per heavy atom. The second kappa shape index (κ2) is 8.13. The molecule has 2 atom stereocenters. The summed E-state index contributed by atoms with van der Waals surface area (Å²) in [5, 5.41) is 3.30. The third-order valence-electron chi connectivity index (χ3n) is 5.89. The molecule has 1 saturated heterocycles. The Morgan fingerprint density at radius 1 is 1.21 bits per heavy atom. The highest BCUT2D eigenvalue weighted by Gasteiger charge is 2.33. The maximum atomic E-state index is 12.5. The van der Waals surface area contributed by atoms with Crippen LogP contribution in [-0.4, -0.2) is 36.5 Å². The predicted octanol–water partition coefficient (Wildman–Crippen LogP) is 2.45. The first-order valence-electron chi connectivity index (χ1n) is 9.44. The summed E-state index contributed by atoms with van der Waals surface area (Å²) in [4.78, 5) is 15.0. The molecule has 1 aliphatic carbocycles. The minimum absolute atomic E-state index is 0.153. The molecule has 0 unspecified atom stereocenters. The number of likely N-dealkylation sites (tertiary alicyclic amines) is 1. The summed E-state index contributed by atoms with van der Waals surface area (Å²) in [6.07, 6.45) is 5.38. The van der Waals surface area contributed by atoms with E-state index in [0.717, 1.165) is 51.7 Å². The van der Waals surface area contributed by atoms with Gasteiger partial charge < -0.3 is 11.1 Å². The van der Waals surface area contributed by atoms with Crippen molar-refractivity contribution in [1.29, 1.82) is 0 Å². The van der Waals surface area contributed by atoms with Gasteiger partial charge in [-0.1, -0.05) is 30.7 Å². The Morgan fingerprint density at radius 3 is 2.67 bits per heavy atom. The minimum Gasteiger partial charge on any atom is -0.353 e. The monoisotopic (exact) mass is 329 g/mol. The van der Waals surface area contributed by atoms with Crippen molar-refractivity contribution in [1.82, 2.24) is 10.2 Å². The molecular formula is C20H31N3O. The summed E-state index contributed by atoms with van der Waals surface area (Å²) < 4.78 is 0. The number of carbonyl (C=O) groups is 1. The summed E-state index contributed by atoms with van der Waals surface area (Å²) in [5.74, 6) is 0.798. The molecule has 4 heteroatoms. The summed E-state index contributed by atoms with van der Waals surface area (Å²) in [6.45, 7) is 5.96. The fourth-order valence-corrected chi connectivity index (χ4v) is 4.24. The number of rotatable bonds is 5. The van der Waals surface area contributed by atoms with Gasteiger partial charge in [0.1, 0.15) is 0 Å². The number of aryl methyl sites for hydroxylation is 1. The molecule has 1 amide bonds. The van der Waals surface area contributed by atoms with Gasteiger partial charge in [0.25, 0.3) is 0 Å². The van der Waals surface area contributed by atoms with Crippen LogP contribution in [0.15, 0.2) is 24.3 Å². The average molecular weight is 329 g/mol. The van der Waals surface area contributed by atoms with E-state index in [4.69, 9.17) is 5.73 Å². The van der Waals surface area contributed by atoms with Crippen molar-refractivity contribution in [3.8, 4) is 0 Å². The zero-order chi connectivity index (χ0) is 16.9. The van der Waals surface area contributed by atoms with Crippen LogP contribution in [0.4, 0.5) is 0 Å². The smallest absolute Gasteiger partial charge is 0.223 e. The van der Waals surface area contributed by atoms with Crippen molar-refractivity contribution in [3.05, 3.63) is 35.4 Å². The van der Waals surface area contributed by atoms with Crippen molar-refractivity contribution in [2.24, 2.45) is 17.6 Å². The molecule has 1 aromatic carbocycles. The quantitative estimate of drug-likeness (QED) is 0.872. The lowest BCUT2D eigenvalue weighted by Crippen LogP contribution is -2.47. The molecule has 2 fully saturated rings. The third-order valence-corrected chi connectivity index (χ3v) is 5.89. The first-order valence-corrected chi connectivity index (χ1v) is 9.44. The minimum atomic E-state index is 0.153. The molecule has 1 aromatic rings. The first-order chi connectivity index (χ1) is 11.7. The van der Waals surface area contributed by atoms with Crippen LogP contribution in [0.1, 0.15) is 43.2 Å². The van der Waals surface area contributed by atoms with Crippen LogP contribution in [0, 0.1) is 18.8 Å². The lowest BCUT2D eigenvalue weighted by Gasteiger charge is -2.33. The van der Waals surface area contributed by atoms with Crippen LogP contribution in [0.2, 0.25) is 0 Å². The molecule has 3 rings (SSSR count). The number of hydrogen-bond donors (Lipinski definition) is 2. The van der Waals surface area contributed by atoms with Gasteiger partial charge in [-0.15, -0.1) is 0 Å². The topological polar surface area (TPSA) is 58.4 Å². The Balaban J connectivity index is 1.45. The number of nitrogens with zero attached hydrogens (tertiary/aromatic N) is 1. The molecular weight excluding hydrogens is 298 g/mol. The highest BCUT2D eigenvalue weighted by Crippen LogP contribution is 2.31. The van der Waals surface area contributed by atoms with Crippen molar-refractivity contribution < 1.29 is 4.79 Å². The van der Waals surface area contributed by atoms with E-state index in [0.29, 0.717) is 18.5 Å². The normalized spacial score (nSPS) is 25.8. The van der Waals surface area contributed by atoms with Gasteiger partial charge in [-0.05, 0) is 56.2 Å². The van der Waals surface area contributed by atoms with E-state index in [9.17, 15) is 4.79 Å². The van der Waals surface area contributed by atoms with E-state index in [1.807, 2.05) is 0 Å². The maximum Gasteiger partial charge on any atom is 0.223 e. The standard InChI is InChI=1S/C20H31N3O/c1-15-5-2-3-6-17(15)14-23-11-9-18(10-12-23)22-20(24)19-8-4-7-16(19)13-21/h2-3,5-6,16,18-19H,4,7-14,21H2,1H3,(H,22,24)/t16-,19-/m1/s1. The van der Waals surface area contributed by atoms with Gasteiger partial charge in [0.15, 0.2) is 0 Å². The van der Waals surface area contributed by atoms with Crippen molar-refractivity contribution in [2.45, 2.75) is 51.6 Å². The molecule has 24 heavy (non-hydrogen) atoms. The van der Waals surface area contributed by atoms with Crippen LogP contribution < -0.4 is 11.1 Å². The van der Waals surface area contributed by atoms with E-state index in [1.54, 1.807) is 0 Å². The van der Waals surface area contributed by atoms with Crippen LogP contribution in [0.25, 0.3) is 0 Å². The van der Waals surface area contributed by atoms with E-state index in [2.05, 4.69) is 41.4 Å². The zero-order valence-corrected chi connectivity index (χ0v) is 14.8. The largest absolute Gasteiger partial charge is 0.353 e. The Hall–Kier alpha value is -1.39. The van der Waals surface area contributed by atoms with Crippen molar-refractivity contribution in [2.75, 3.05) is 19.6 Å². The number of piperidine rings is 1. The van der Waals surface area contributed by atoms with Crippen molar-refractivity contribution in [3.63, 3.8) is 0 Å². The molecule has 0 spiro atoms. The summed E-state index contributed by atoms with van der Waals surface area (Å²) >= 11 is 0. The van der Waals surface area contributed by atoms with Crippen LogP contribution in [0.3, 0.4) is 0 Å². The Bertz CT molecular complexity index is 552. The first kappa shape index (κ1) is 17.4. The zero-order valence-electron chi connectivity index (χ0n) is 14.8. The number of carbonyl (C=O) groups excluding carboxylic acids is 1. The molecule has 3 N–H and O–H groups in total. The van der Waals surface area contributed by atoms with E-state index < -0.39 is 0 Å². The molecule has 0 radical (unpaired) electrons. The highest BCUT2D eigenvalue weighted by atomic mass is 16.2. The van der Waals surface area contributed by atoms with Gasteiger partial charge in [0.2, 0.25) is 5.91 Å². The molecule has 132 valence electrons. The molecule has 1 heterocycles. The predicted molar refractivity (Wildman–Crippen MR) is 97.5 cm³/mol. The van der Waals surface area contributed by atoms with Gasteiger partial charge in [0, 0.05) is 31.6 Å². The van der Waals surface area contributed by atoms with Crippen LogP contribution >= 0.6 is 0 Å². The molecule has 0 bridgehead atoms. The summed E-state index contributed by atoms with van der Waals surface area (Å²) in [5.41, 5.74) is 8.59. The number of benzene rings is 1. The van der Waals surface area contributed by atoms with E-state index in [1.165, 1.54) is 11.1 Å².